The molecule has 0 saturated carbocycles. The molecule has 9 nitrogen and oxygen atoms in total. The van der Waals surface area contributed by atoms with Gasteiger partial charge in [-0.05, 0) is 32.3 Å². The fourth-order valence-electron chi connectivity index (χ4n) is 3.30. The van der Waals surface area contributed by atoms with Gasteiger partial charge in [-0.2, -0.15) is 0 Å². The first-order valence-corrected chi connectivity index (χ1v) is 10.3. The molecule has 2 amide bonds. The molecular weight excluding hydrogens is 394 g/mol. The molecule has 3 rings (SSSR count). The van der Waals surface area contributed by atoms with Gasteiger partial charge in [-0.25, -0.2) is 9.97 Å². The van der Waals surface area contributed by atoms with Crippen molar-refractivity contribution in [1.82, 2.24) is 20.6 Å². The maximum absolute atomic E-state index is 12.3. The largest absolute Gasteiger partial charge is 0.455 e. The van der Waals surface area contributed by atoms with Crippen LogP contribution in [0.15, 0.2) is 6.33 Å². The lowest BCUT2D eigenvalue weighted by Crippen LogP contribution is -2.40. The summed E-state index contributed by atoms with van der Waals surface area (Å²) in [5, 5.41) is 5.88. The van der Waals surface area contributed by atoms with Crippen LogP contribution in [0.4, 0.5) is 5.82 Å². The van der Waals surface area contributed by atoms with Gasteiger partial charge in [-0.3, -0.25) is 14.4 Å². The zero-order chi connectivity index (χ0) is 21.0. The quantitative estimate of drug-likeness (QED) is 0.670. The number of thiophene rings is 1. The van der Waals surface area contributed by atoms with Gasteiger partial charge >= 0.3 is 5.97 Å². The Balaban J connectivity index is 1.52. The Hall–Kier alpha value is -2.75. The van der Waals surface area contributed by atoms with Gasteiger partial charge in [0.15, 0.2) is 6.61 Å². The summed E-state index contributed by atoms with van der Waals surface area (Å²) in [4.78, 5) is 48.3. The number of amides is 2. The first kappa shape index (κ1) is 21.0. The highest BCUT2D eigenvalue weighted by Crippen LogP contribution is 2.35. The number of carbonyl (C=O) groups excluding carboxylic acids is 3. The van der Waals surface area contributed by atoms with Gasteiger partial charge in [-0.15, -0.1) is 11.3 Å². The molecule has 0 aliphatic carbocycles. The summed E-state index contributed by atoms with van der Waals surface area (Å²) >= 11 is 1.66. The average molecular weight is 420 g/mol. The Morgan fingerprint density at radius 2 is 1.93 bits per heavy atom. The highest BCUT2D eigenvalue weighted by molar-refractivity contribution is 7.18. The predicted molar refractivity (Wildman–Crippen MR) is 110 cm³/mol. The van der Waals surface area contributed by atoms with E-state index in [1.54, 1.807) is 17.7 Å². The molecule has 1 saturated heterocycles. The normalized spacial score (nSPS) is 14.7. The van der Waals surface area contributed by atoms with E-state index < -0.39 is 5.91 Å². The third-order valence-corrected chi connectivity index (χ3v) is 6.26. The third kappa shape index (κ3) is 4.81. The van der Waals surface area contributed by atoms with E-state index in [0.29, 0.717) is 25.9 Å². The molecule has 0 spiro atoms. The van der Waals surface area contributed by atoms with Crippen molar-refractivity contribution in [2.24, 2.45) is 5.92 Å². The zero-order valence-corrected chi connectivity index (χ0v) is 17.6. The fraction of sp³-hybridized carbons (Fsp3) is 0.526. The maximum atomic E-state index is 12.3. The number of nitrogens with zero attached hydrogens (tertiary/aromatic N) is 3. The number of hydrogen-bond acceptors (Lipinski definition) is 8. The molecule has 156 valence electrons. The smallest absolute Gasteiger partial charge is 0.309 e. The number of aryl methyl sites for hydroxylation is 2. The van der Waals surface area contributed by atoms with Crippen LogP contribution in [0.25, 0.3) is 10.2 Å². The minimum absolute atomic E-state index is 0.139. The lowest BCUT2D eigenvalue weighted by atomic mass is 9.97. The van der Waals surface area contributed by atoms with E-state index in [-0.39, 0.29) is 30.9 Å². The lowest BCUT2D eigenvalue weighted by Gasteiger charge is -2.32. The second kappa shape index (κ2) is 9.17. The summed E-state index contributed by atoms with van der Waals surface area (Å²) in [7, 11) is 1.48. The number of esters is 1. The Morgan fingerprint density at radius 3 is 2.62 bits per heavy atom. The molecule has 0 aromatic carbocycles. The summed E-state index contributed by atoms with van der Waals surface area (Å²) in [5.41, 5.74) is 1.20. The van der Waals surface area contributed by atoms with Crippen LogP contribution in [0.1, 0.15) is 23.3 Å². The van der Waals surface area contributed by atoms with Gasteiger partial charge < -0.3 is 20.3 Å². The number of nitrogens with one attached hydrogen (secondary N) is 2. The zero-order valence-electron chi connectivity index (χ0n) is 16.8. The van der Waals surface area contributed by atoms with Crippen LogP contribution < -0.4 is 15.5 Å². The number of aromatic nitrogens is 2. The van der Waals surface area contributed by atoms with Crippen molar-refractivity contribution in [2.45, 2.75) is 26.7 Å². The van der Waals surface area contributed by atoms with Crippen LogP contribution in [0.2, 0.25) is 0 Å². The number of ether oxygens (including phenoxy) is 1. The van der Waals surface area contributed by atoms with E-state index in [9.17, 15) is 14.4 Å². The average Bonchev–Trinajstić information content (AvgIpc) is 3.04. The van der Waals surface area contributed by atoms with Crippen LogP contribution >= 0.6 is 11.3 Å². The van der Waals surface area contributed by atoms with Crippen molar-refractivity contribution < 1.29 is 19.1 Å². The highest BCUT2D eigenvalue weighted by atomic mass is 32.1. The summed E-state index contributed by atoms with van der Waals surface area (Å²) in [6, 6.07) is 0. The van der Waals surface area contributed by atoms with Gasteiger partial charge in [0.25, 0.3) is 5.91 Å². The second-order valence-corrected chi connectivity index (χ2v) is 8.18. The SMILES string of the molecule is CNC(=O)CNC(=O)COC(=O)C1CCN(c2ncnc3sc(C)c(C)c23)CC1. The molecule has 0 radical (unpaired) electrons. The third-order valence-electron chi connectivity index (χ3n) is 5.14. The Labute approximate surface area is 172 Å². The van der Waals surface area contributed by atoms with Gasteiger partial charge in [0.1, 0.15) is 17.0 Å². The fourth-order valence-corrected chi connectivity index (χ4v) is 4.29. The Kier molecular flexibility index (Phi) is 6.63. The second-order valence-electron chi connectivity index (χ2n) is 6.98. The number of likely N-dealkylation sites (N-methyl/N-ethyl adjacent to an activating group) is 1. The standard InChI is InChI=1S/C19H25N5O4S/c1-11-12(2)29-18-16(11)17(22-10-23-18)24-6-4-13(5-7-24)19(27)28-9-15(26)21-8-14(25)20-3/h10,13H,4-9H2,1-3H3,(H,20,25)(H,21,26). The van der Waals surface area contributed by atoms with Gasteiger partial charge in [0, 0.05) is 25.0 Å². The van der Waals surface area contributed by atoms with E-state index in [2.05, 4.69) is 39.3 Å². The molecule has 2 N–H and O–H groups in total. The number of anilines is 1. The van der Waals surface area contributed by atoms with Crippen LogP contribution in [-0.2, 0) is 19.1 Å². The number of carbonyl (C=O) groups is 3. The minimum atomic E-state index is -0.494. The van der Waals surface area contributed by atoms with Gasteiger partial charge in [-0.1, -0.05) is 0 Å². The molecule has 0 unspecified atom stereocenters. The van der Waals surface area contributed by atoms with Crippen molar-refractivity contribution in [3.63, 3.8) is 0 Å². The molecule has 3 heterocycles. The van der Waals surface area contributed by atoms with E-state index >= 15 is 0 Å². The molecular formula is C19H25N5O4S. The van der Waals surface area contributed by atoms with E-state index in [1.165, 1.54) is 17.5 Å². The summed E-state index contributed by atoms with van der Waals surface area (Å²) in [6.45, 7) is 5.01. The minimum Gasteiger partial charge on any atom is -0.455 e. The number of hydrogen-bond donors (Lipinski definition) is 2. The molecule has 1 aliphatic heterocycles. The van der Waals surface area contributed by atoms with Gasteiger partial charge in [0.2, 0.25) is 5.91 Å². The molecule has 2 aromatic heterocycles. The van der Waals surface area contributed by atoms with E-state index in [4.69, 9.17) is 4.74 Å². The number of fused-ring (bicyclic) bond motifs is 1. The Morgan fingerprint density at radius 1 is 1.21 bits per heavy atom. The summed E-state index contributed by atoms with van der Waals surface area (Å²) in [5.74, 6) is -0.522. The lowest BCUT2D eigenvalue weighted by molar-refractivity contribution is -0.153. The van der Waals surface area contributed by atoms with Crippen LogP contribution in [0, 0.1) is 19.8 Å². The topological polar surface area (TPSA) is 114 Å². The van der Waals surface area contributed by atoms with Crippen molar-refractivity contribution >= 4 is 45.2 Å². The highest BCUT2D eigenvalue weighted by Gasteiger charge is 2.28. The molecule has 0 atom stereocenters. The first-order chi connectivity index (χ1) is 13.9. The van der Waals surface area contributed by atoms with E-state index in [0.717, 1.165) is 16.0 Å². The number of piperidine rings is 1. The molecule has 10 heteroatoms. The van der Waals surface area contributed by atoms with Crippen molar-refractivity contribution in [2.75, 3.05) is 38.2 Å². The molecule has 0 bridgehead atoms. The molecule has 29 heavy (non-hydrogen) atoms. The first-order valence-electron chi connectivity index (χ1n) is 9.50. The van der Waals surface area contributed by atoms with Crippen molar-refractivity contribution in [1.29, 1.82) is 0 Å². The summed E-state index contributed by atoms with van der Waals surface area (Å²) in [6.07, 6.45) is 2.85. The van der Waals surface area contributed by atoms with Crippen molar-refractivity contribution in [3.8, 4) is 0 Å². The van der Waals surface area contributed by atoms with Crippen molar-refractivity contribution in [3.05, 3.63) is 16.8 Å². The monoisotopic (exact) mass is 419 g/mol. The number of rotatable bonds is 6. The maximum Gasteiger partial charge on any atom is 0.309 e. The predicted octanol–water partition coefficient (Wildman–Crippen LogP) is 0.930. The van der Waals surface area contributed by atoms with E-state index in [1.807, 2.05) is 0 Å². The van der Waals surface area contributed by atoms with Gasteiger partial charge in [0.05, 0.1) is 17.8 Å². The van der Waals surface area contributed by atoms with Crippen LogP contribution in [0.3, 0.4) is 0 Å². The summed E-state index contributed by atoms with van der Waals surface area (Å²) < 4.78 is 5.12. The Bertz CT molecular complexity index is 921. The van der Waals surface area contributed by atoms with Crippen LogP contribution in [-0.4, -0.2) is 61.0 Å². The molecule has 1 aliphatic rings. The molecule has 1 fully saturated rings. The van der Waals surface area contributed by atoms with Crippen LogP contribution in [0.5, 0.6) is 0 Å². The molecule has 2 aromatic rings.